The first-order chi connectivity index (χ1) is 11.6. The number of benzene rings is 1. The molecule has 0 saturated carbocycles. The Hall–Kier alpha value is -2.22. The lowest BCUT2D eigenvalue weighted by atomic mass is 10.2. The molecule has 2 heterocycles. The van der Waals surface area contributed by atoms with Crippen molar-refractivity contribution in [2.45, 2.75) is 12.8 Å². The molecule has 6 heteroatoms. The molecule has 0 aliphatic carbocycles. The van der Waals surface area contributed by atoms with Crippen molar-refractivity contribution >= 4 is 35.2 Å². The number of carbonyl (C=O) groups is 1. The van der Waals surface area contributed by atoms with Crippen LogP contribution < -0.4 is 0 Å². The van der Waals surface area contributed by atoms with Crippen molar-refractivity contribution in [3.05, 3.63) is 51.7 Å². The number of carbonyl (C=O) groups excluding carboxylic acids is 1. The summed E-state index contributed by atoms with van der Waals surface area (Å²) in [6, 6.07) is 10.5. The predicted octanol–water partition coefficient (Wildman–Crippen LogP) is 4.78. The average molecular weight is 361 g/mol. The largest absolute Gasteiger partial charge is 0.457 e. The van der Waals surface area contributed by atoms with Crippen LogP contribution in [0.2, 0.25) is 10.0 Å². The topological polar surface area (TPSA) is 57.2 Å². The van der Waals surface area contributed by atoms with Gasteiger partial charge in [-0.2, -0.15) is 5.26 Å². The van der Waals surface area contributed by atoms with Crippen LogP contribution in [0.1, 0.15) is 18.6 Å². The highest BCUT2D eigenvalue weighted by Gasteiger charge is 2.22. The van der Waals surface area contributed by atoms with Gasteiger partial charge in [-0.05, 0) is 43.2 Å². The molecule has 1 aromatic carbocycles. The van der Waals surface area contributed by atoms with E-state index in [1.165, 1.54) is 6.08 Å². The van der Waals surface area contributed by atoms with Gasteiger partial charge >= 0.3 is 0 Å². The summed E-state index contributed by atoms with van der Waals surface area (Å²) in [4.78, 5) is 14.0. The van der Waals surface area contributed by atoms with Gasteiger partial charge in [0, 0.05) is 29.8 Å². The normalized spacial score (nSPS) is 14.7. The molecule has 4 nitrogen and oxygen atoms in total. The molecule has 1 saturated heterocycles. The first-order valence-electron chi connectivity index (χ1n) is 7.55. The van der Waals surface area contributed by atoms with Crippen LogP contribution in [0.25, 0.3) is 17.4 Å². The van der Waals surface area contributed by atoms with Gasteiger partial charge < -0.3 is 9.32 Å². The van der Waals surface area contributed by atoms with Crippen LogP contribution in [0.3, 0.4) is 0 Å². The third-order valence-corrected chi connectivity index (χ3v) is 4.42. The monoisotopic (exact) mass is 360 g/mol. The molecular formula is C18H14Cl2N2O2. The fourth-order valence-electron chi connectivity index (χ4n) is 2.64. The Morgan fingerprint density at radius 3 is 2.67 bits per heavy atom. The van der Waals surface area contributed by atoms with E-state index in [1.807, 2.05) is 6.07 Å². The molecule has 0 atom stereocenters. The van der Waals surface area contributed by atoms with Gasteiger partial charge in [0.05, 0.1) is 5.02 Å². The number of likely N-dealkylation sites (tertiary alicyclic amines) is 1. The minimum atomic E-state index is -0.256. The van der Waals surface area contributed by atoms with Gasteiger partial charge in [0.2, 0.25) is 0 Å². The smallest absolute Gasteiger partial charge is 0.264 e. The maximum absolute atomic E-state index is 12.3. The zero-order valence-corrected chi connectivity index (χ0v) is 14.3. The number of nitrogens with zero attached hydrogens (tertiary/aromatic N) is 2. The molecule has 1 fully saturated rings. The summed E-state index contributed by atoms with van der Waals surface area (Å²) in [6.45, 7) is 1.39. The van der Waals surface area contributed by atoms with E-state index in [0.717, 1.165) is 12.8 Å². The van der Waals surface area contributed by atoms with Crippen LogP contribution in [0.5, 0.6) is 0 Å². The van der Waals surface area contributed by atoms with Crippen LogP contribution >= 0.6 is 23.2 Å². The molecule has 0 unspecified atom stereocenters. The van der Waals surface area contributed by atoms with Crippen molar-refractivity contribution < 1.29 is 9.21 Å². The van der Waals surface area contributed by atoms with Gasteiger partial charge in [-0.25, -0.2) is 0 Å². The lowest BCUT2D eigenvalue weighted by molar-refractivity contribution is -0.125. The molecule has 1 amide bonds. The molecule has 1 aromatic heterocycles. The second kappa shape index (κ2) is 7.12. The number of furan rings is 1. The Labute approximate surface area is 149 Å². The molecule has 0 radical (unpaired) electrons. The fraction of sp³-hybridized carbons (Fsp3) is 0.222. The van der Waals surface area contributed by atoms with Crippen molar-refractivity contribution in [3.63, 3.8) is 0 Å². The molecule has 0 bridgehead atoms. The molecule has 0 N–H and O–H groups in total. The van der Waals surface area contributed by atoms with Crippen LogP contribution in [-0.4, -0.2) is 23.9 Å². The summed E-state index contributed by atoms with van der Waals surface area (Å²) >= 11 is 12.2. The molecule has 0 spiro atoms. The van der Waals surface area contributed by atoms with Crippen molar-refractivity contribution in [2.24, 2.45) is 0 Å². The number of amides is 1. The van der Waals surface area contributed by atoms with E-state index in [2.05, 4.69) is 0 Å². The molecular weight excluding hydrogens is 347 g/mol. The van der Waals surface area contributed by atoms with E-state index in [1.54, 1.807) is 35.2 Å². The Bertz CT molecular complexity index is 843. The summed E-state index contributed by atoms with van der Waals surface area (Å²) in [6.07, 6.45) is 3.41. The third kappa shape index (κ3) is 3.48. The van der Waals surface area contributed by atoms with Crippen LogP contribution in [-0.2, 0) is 4.79 Å². The Balaban J connectivity index is 1.88. The van der Waals surface area contributed by atoms with E-state index in [9.17, 15) is 10.1 Å². The highest BCUT2D eigenvalue weighted by atomic mass is 35.5. The minimum absolute atomic E-state index is 0.0648. The maximum Gasteiger partial charge on any atom is 0.264 e. The van der Waals surface area contributed by atoms with Crippen molar-refractivity contribution in [2.75, 3.05) is 13.1 Å². The van der Waals surface area contributed by atoms with Crippen molar-refractivity contribution in [1.29, 1.82) is 5.26 Å². The average Bonchev–Trinajstić information content (AvgIpc) is 3.26. The van der Waals surface area contributed by atoms with Gasteiger partial charge in [-0.1, -0.05) is 23.2 Å². The lowest BCUT2D eigenvalue weighted by Gasteiger charge is -2.13. The summed E-state index contributed by atoms with van der Waals surface area (Å²) in [5.74, 6) is 0.693. The van der Waals surface area contributed by atoms with E-state index in [-0.39, 0.29) is 11.5 Å². The number of hydrogen-bond acceptors (Lipinski definition) is 3. The molecule has 3 rings (SSSR count). The summed E-state index contributed by atoms with van der Waals surface area (Å²) < 4.78 is 5.71. The van der Waals surface area contributed by atoms with Gasteiger partial charge in [-0.15, -0.1) is 0 Å². The van der Waals surface area contributed by atoms with Crippen molar-refractivity contribution in [1.82, 2.24) is 4.90 Å². The minimum Gasteiger partial charge on any atom is -0.457 e. The van der Waals surface area contributed by atoms with E-state index in [4.69, 9.17) is 27.6 Å². The fourth-order valence-corrected chi connectivity index (χ4v) is 3.02. The van der Waals surface area contributed by atoms with Gasteiger partial charge in [-0.3, -0.25) is 4.79 Å². The Morgan fingerprint density at radius 2 is 1.96 bits per heavy atom. The highest BCUT2D eigenvalue weighted by molar-refractivity contribution is 6.35. The molecule has 1 aliphatic rings. The Kier molecular flexibility index (Phi) is 4.94. The number of nitriles is 1. The van der Waals surface area contributed by atoms with Gasteiger partial charge in [0.1, 0.15) is 23.2 Å². The number of halogens is 2. The third-order valence-electron chi connectivity index (χ3n) is 3.85. The van der Waals surface area contributed by atoms with Gasteiger partial charge in [0.25, 0.3) is 5.91 Å². The Morgan fingerprint density at radius 1 is 1.21 bits per heavy atom. The maximum atomic E-state index is 12.3. The second-order valence-electron chi connectivity index (χ2n) is 5.50. The zero-order chi connectivity index (χ0) is 17.1. The highest BCUT2D eigenvalue weighted by Crippen LogP contribution is 2.32. The number of rotatable bonds is 3. The quantitative estimate of drug-likeness (QED) is 0.584. The van der Waals surface area contributed by atoms with E-state index < -0.39 is 0 Å². The van der Waals surface area contributed by atoms with E-state index >= 15 is 0 Å². The SMILES string of the molecule is N#CC(=Cc1ccc(-c2cc(Cl)ccc2Cl)o1)C(=O)N1CCCC1. The molecule has 2 aromatic rings. The summed E-state index contributed by atoms with van der Waals surface area (Å²) in [7, 11) is 0. The molecule has 1 aliphatic heterocycles. The first-order valence-corrected chi connectivity index (χ1v) is 8.30. The molecule has 24 heavy (non-hydrogen) atoms. The summed E-state index contributed by atoms with van der Waals surface area (Å²) in [5, 5.41) is 10.3. The zero-order valence-electron chi connectivity index (χ0n) is 12.8. The van der Waals surface area contributed by atoms with Gasteiger partial charge in [0.15, 0.2) is 0 Å². The first kappa shape index (κ1) is 16.6. The van der Waals surface area contributed by atoms with Crippen molar-refractivity contribution in [3.8, 4) is 17.4 Å². The number of hydrogen-bond donors (Lipinski definition) is 0. The van der Waals surface area contributed by atoms with Crippen LogP contribution in [0.4, 0.5) is 0 Å². The molecule has 122 valence electrons. The predicted molar refractivity (Wildman–Crippen MR) is 93.6 cm³/mol. The van der Waals surface area contributed by atoms with E-state index in [0.29, 0.717) is 40.2 Å². The lowest BCUT2D eigenvalue weighted by Crippen LogP contribution is -2.28. The second-order valence-corrected chi connectivity index (χ2v) is 6.34. The van der Waals surface area contributed by atoms with Crippen LogP contribution in [0.15, 0.2) is 40.3 Å². The standard InChI is InChI=1S/C18H14Cl2N2O2/c19-13-3-5-16(20)15(10-13)17-6-4-14(24-17)9-12(11-21)18(23)22-7-1-2-8-22/h3-6,9-10H,1-2,7-8H2. The summed E-state index contributed by atoms with van der Waals surface area (Å²) in [5.41, 5.74) is 0.725. The van der Waals surface area contributed by atoms with Crippen LogP contribution in [0, 0.1) is 11.3 Å².